The first-order valence-corrected chi connectivity index (χ1v) is 12.2. The van der Waals surface area contributed by atoms with Crippen LogP contribution in [0.5, 0.6) is 0 Å². The van der Waals surface area contributed by atoms with Crippen LogP contribution in [0.4, 0.5) is 0 Å². The Hall–Kier alpha value is -3.42. The van der Waals surface area contributed by atoms with Gasteiger partial charge in [-0.15, -0.1) is 5.10 Å². The Morgan fingerprint density at radius 3 is 2.34 bits per heavy atom. The minimum Gasteiger partial charge on any atom is -0.336 e. The van der Waals surface area contributed by atoms with E-state index in [1.807, 2.05) is 39.8 Å². The monoisotopic (exact) mass is 505 g/mol. The Labute approximate surface area is 211 Å². The summed E-state index contributed by atoms with van der Waals surface area (Å²) in [5.74, 6) is 0.165. The molecule has 0 radical (unpaired) electrons. The fourth-order valence-electron chi connectivity index (χ4n) is 5.27. The largest absolute Gasteiger partial charge is 0.336 e. The summed E-state index contributed by atoms with van der Waals surface area (Å²) in [5.41, 5.74) is 3.43. The summed E-state index contributed by atoms with van der Waals surface area (Å²) in [6, 6.07) is 19.9. The normalized spacial score (nSPS) is 18.9. The molecule has 0 aliphatic carbocycles. The van der Waals surface area contributed by atoms with E-state index in [0.717, 1.165) is 23.4 Å². The second-order valence-corrected chi connectivity index (χ2v) is 9.96. The summed E-state index contributed by atoms with van der Waals surface area (Å²) in [5, 5.41) is 9.90. The molecule has 2 atom stereocenters. The highest BCUT2D eigenvalue weighted by atomic mass is 35.5. The number of piperidine rings is 1. The lowest BCUT2D eigenvalue weighted by Gasteiger charge is -2.42. The summed E-state index contributed by atoms with van der Waals surface area (Å²) >= 11 is 12.2. The summed E-state index contributed by atoms with van der Waals surface area (Å²) < 4.78 is 3.52. The minimum atomic E-state index is -0.170. The van der Waals surface area contributed by atoms with Crippen LogP contribution >= 0.6 is 23.2 Å². The van der Waals surface area contributed by atoms with E-state index in [1.54, 1.807) is 41.1 Å². The first-order chi connectivity index (χ1) is 17.0. The average Bonchev–Trinajstić information content (AvgIpc) is 3.30. The van der Waals surface area contributed by atoms with E-state index < -0.39 is 0 Å². The second kappa shape index (κ2) is 8.66. The molecule has 7 nitrogen and oxygen atoms in total. The topological polar surface area (TPSA) is 73.0 Å². The number of hydrogen-bond acceptors (Lipinski definition) is 4. The Kier molecular flexibility index (Phi) is 5.46. The summed E-state index contributed by atoms with van der Waals surface area (Å²) in [6.45, 7) is 1.73. The average molecular weight is 506 g/mol. The Morgan fingerprint density at radius 2 is 1.60 bits per heavy atom. The molecule has 2 aliphatic heterocycles. The smallest absolute Gasteiger partial charge is 0.276 e. The van der Waals surface area contributed by atoms with Crippen molar-refractivity contribution in [3.8, 4) is 16.9 Å². The Morgan fingerprint density at radius 1 is 0.886 bits per heavy atom. The van der Waals surface area contributed by atoms with E-state index in [4.69, 9.17) is 23.2 Å². The number of rotatable bonds is 3. The SMILES string of the molecule is O=C(c1nnn(-c2ccc(Cl)cc2)c1-c1ccc(Cl)cc1)N1CC2CC(C1)c1cccc(=O)n1C2. The van der Waals surface area contributed by atoms with E-state index in [2.05, 4.69) is 10.3 Å². The predicted molar refractivity (Wildman–Crippen MR) is 134 cm³/mol. The lowest BCUT2D eigenvalue weighted by molar-refractivity contribution is 0.0589. The van der Waals surface area contributed by atoms with Gasteiger partial charge in [0.25, 0.3) is 11.5 Å². The van der Waals surface area contributed by atoms with E-state index in [0.29, 0.717) is 35.4 Å². The van der Waals surface area contributed by atoms with Crippen LogP contribution in [0.1, 0.15) is 28.5 Å². The van der Waals surface area contributed by atoms with Crippen LogP contribution in [0.15, 0.2) is 71.5 Å². The lowest BCUT2D eigenvalue weighted by atomic mass is 9.83. The molecule has 2 aromatic carbocycles. The van der Waals surface area contributed by atoms with Crippen LogP contribution in [0.2, 0.25) is 10.0 Å². The molecule has 2 aromatic heterocycles. The van der Waals surface area contributed by atoms with Crippen LogP contribution in [0.3, 0.4) is 0 Å². The molecule has 1 amide bonds. The van der Waals surface area contributed by atoms with Crippen molar-refractivity contribution in [2.75, 3.05) is 13.1 Å². The number of hydrogen-bond donors (Lipinski definition) is 0. The van der Waals surface area contributed by atoms with Gasteiger partial charge in [0.15, 0.2) is 5.69 Å². The molecular weight excluding hydrogens is 485 g/mol. The molecular formula is C26H21Cl2N5O2. The summed E-state index contributed by atoms with van der Waals surface area (Å²) in [7, 11) is 0. The number of carbonyl (C=O) groups is 1. The van der Waals surface area contributed by atoms with Gasteiger partial charge < -0.3 is 9.47 Å². The molecule has 1 saturated heterocycles. The van der Waals surface area contributed by atoms with Crippen LogP contribution in [0.25, 0.3) is 16.9 Å². The zero-order valence-corrected chi connectivity index (χ0v) is 20.2. The van der Waals surface area contributed by atoms with Gasteiger partial charge >= 0.3 is 0 Å². The number of aromatic nitrogens is 4. The van der Waals surface area contributed by atoms with E-state index >= 15 is 0 Å². The summed E-state index contributed by atoms with van der Waals surface area (Å²) in [6.07, 6.45) is 0.967. The highest BCUT2D eigenvalue weighted by Crippen LogP contribution is 2.36. The number of benzene rings is 2. The highest BCUT2D eigenvalue weighted by Gasteiger charge is 2.38. The maximum atomic E-state index is 13.9. The molecule has 0 saturated carbocycles. The van der Waals surface area contributed by atoms with Gasteiger partial charge in [0, 0.05) is 52.9 Å². The van der Waals surface area contributed by atoms with Crippen LogP contribution in [-0.2, 0) is 6.54 Å². The van der Waals surface area contributed by atoms with Crippen molar-refractivity contribution in [1.82, 2.24) is 24.5 Å². The maximum absolute atomic E-state index is 13.9. The zero-order valence-electron chi connectivity index (χ0n) is 18.6. The fraction of sp³-hybridized carbons (Fsp3) is 0.231. The van der Waals surface area contributed by atoms with Crippen LogP contribution in [-0.4, -0.2) is 43.5 Å². The van der Waals surface area contributed by atoms with E-state index in [-0.39, 0.29) is 29.0 Å². The van der Waals surface area contributed by atoms with Crippen molar-refractivity contribution in [3.05, 3.63) is 98.5 Å². The molecule has 0 N–H and O–H groups in total. The number of amides is 1. The Balaban J connectivity index is 1.40. The van der Waals surface area contributed by atoms with Crippen molar-refractivity contribution in [2.24, 2.45) is 5.92 Å². The van der Waals surface area contributed by atoms with Crippen molar-refractivity contribution in [1.29, 1.82) is 0 Å². The van der Waals surface area contributed by atoms with Gasteiger partial charge in [-0.2, -0.15) is 0 Å². The van der Waals surface area contributed by atoms with Gasteiger partial charge in [-0.1, -0.05) is 46.6 Å². The van der Waals surface area contributed by atoms with Crippen molar-refractivity contribution < 1.29 is 4.79 Å². The van der Waals surface area contributed by atoms with Crippen molar-refractivity contribution in [3.63, 3.8) is 0 Å². The fourth-order valence-corrected chi connectivity index (χ4v) is 5.52. The van der Waals surface area contributed by atoms with Crippen molar-refractivity contribution >= 4 is 29.1 Å². The van der Waals surface area contributed by atoms with Crippen LogP contribution < -0.4 is 5.56 Å². The molecule has 9 heteroatoms. The molecule has 2 unspecified atom stereocenters. The molecule has 176 valence electrons. The number of halogens is 2. The summed E-state index contributed by atoms with van der Waals surface area (Å²) in [4.78, 5) is 28.1. The minimum absolute atomic E-state index is 0.0212. The third kappa shape index (κ3) is 3.94. The molecule has 2 bridgehead atoms. The first-order valence-electron chi connectivity index (χ1n) is 11.4. The number of nitrogens with zero attached hydrogens (tertiary/aromatic N) is 5. The molecule has 35 heavy (non-hydrogen) atoms. The highest BCUT2D eigenvalue weighted by molar-refractivity contribution is 6.30. The standard InChI is InChI=1S/C26H21Cl2N5O2/c27-19-6-4-17(5-7-19)25-24(29-30-33(25)21-10-8-20(28)9-11-21)26(35)31-13-16-12-18(15-31)22-2-1-3-23(34)32(22)14-16/h1-11,16,18H,12-15H2. The van der Waals surface area contributed by atoms with Gasteiger partial charge in [0.1, 0.15) is 5.69 Å². The van der Waals surface area contributed by atoms with E-state index in [1.165, 1.54) is 0 Å². The second-order valence-electron chi connectivity index (χ2n) is 9.09. The molecule has 0 spiro atoms. The zero-order chi connectivity index (χ0) is 24.1. The quantitative estimate of drug-likeness (QED) is 0.405. The maximum Gasteiger partial charge on any atom is 0.276 e. The molecule has 6 rings (SSSR count). The third-order valence-electron chi connectivity index (χ3n) is 6.83. The molecule has 2 aliphatic rings. The molecule has 4 aromatic rings. The Bertz CT molecular complexity index is 1480. The predicted octanol–water partition coefficient (Wildman–Crippen LogP) is 4.66. The van der Waals surface area contributed by atoms with Crippen LogP contribution in [0, 0.1) is 5.92 Å². The van der Waals surface area contributed by atoms with Gasteiger partial charge in [-0.25, -0.2) is 4.68 Å². The van der Waals surface area contributed by atoms with E-state index in [9.17, 15) is 9.59 Å². The first kappa shape index (κ1) is 22.1. The van der Waals surface area contributed by atoms with Gasteiger partial charge in [0.05, 0.1) is 5.69 Å². The third-order valence-corrected chi connectivity index (χ3v) is 7.33. The van der Waals surface area contributed by atoms with Crippen molar-refractivity contribution in [2.45, 2.75) is 18.9 Å². The van der Waals surface area contributed by atoms with Gasteiger partial charge in [0.2, 0.25) is 0 Å². The number of pyridine rings is 1. The lowest BCUT2D eigenvalue weighted by Crippen LogP contribution is -2.49. The molecule has 4 heterocycles. The molecule has 1 fully saturated rings. The van der Waals surface area contributed by atoms with Gasteiger partial charge in [-0.3, -0.25) is 9.59 Å². The number of fused-ring (bicyclic) bond motifs is 4. The number of likely N-dealkylation sites (tertiary alicyclic amines) is 1. The van der Waals surface area contributed by atoms with Gasteiger partial charge in [-0.05, 0) is 54.8 Å². The number of carbonyl (C=O) groups excluding carboxylic acids is 1.